The van der Waals surface area contributed by atoms with E-state index in [1.807, 2.05) is 12.4 Å². The fourth-order valence-corrected chi connectivity index (χ4v) is 1.91. The monoisotopic (exact) mass is 257 g/mol. The molecule has 0 spiro atoms. The van der Waals surface area contributed by atoms with Crippen LogP contribution in [0.5, 0.6) is 0 Å². The summed E-state index contributed by atoms with van der Waals surface area (Å²) in [4.78, 5) is 4.04. The number of hydrogen-bond acceptors (Lipinski definition) is 2. The minimum absolute atomic E-state index is 0.166. The number of nitrogens with one attached hydrogen (secondary N) is 1. The first-order valence-electron chi connectivity index (χ1n) is 6.81. The zero-order valence-corrected chi connectivity index (χ0v) is 12.1. The van der Waals surface area contributed by atoms with Crippen LogP contribution < -0.4 is 5.32 Å². The Hall–Kier alpha value is -1.61. The molecule has 0 saturated carbocycles. The largest absolute Gasteiger partial charge is 0.354 e. The summed E-state index contributed by atoms with van der Waals surface area (Å²) >= 11 is 0. The zero-order valence-electron chi connectivity index (χ0n) is 12.1. The van der Waals surface area contributed by atoms with E-state index in [1.54, 1.807) is 0 Å². The van der Waals surface area contributed by atoms with Crippen molar-refractivity contribution in [3.8, 4) is 0 Å². The summed E-state index contributed by atoms with van der Waals surface area (Å²) in [6.07, 6.45) is 9.12. The van der Waals surface area contributed by atoms with E-state index >= 15 is 0 Å². The topological polar surface area (TPSA) is 29.9 Å². The predicted octanol–water partition coefficient (Wildman–Crippen LogP) is 3.01. The molecule has 0 aliphatic heterocycles. The molecule has 0 atom stereocenters. The van der Waals surface area contributed by atoms with E-state index in [2.05, 4.69) is 66.2 Å². The van der Waals surface area contributed by atoms with Gasteiger partial charge in [0.05, 0.1) is 0 Å². The Morgan fingerprint density at radius 1 is 1.11 bits per heavy atom. The van der Waals surface area contributed by atoms with Crippen molar-refractivity contribution >= 4 is 0 Å². The highest BCUT2D eigenvalue weighted by Gasteiger charge is 2.08. The lowest BCUT2D eigenvalue weighted by atomic mass is 10.1. The second-order valence-electron chi connectivity index (χ2n) is 5.97. The van der Waals surface area contributed by atoms with Crippen LogP contribution in [-0.2, 0) is 19.5 Å². The van der Waals surface area contributed by atoms with Crippen molar-refractivity contribution in [2.75, 3.05) is 0 Å². The van der Waals surface area contributed by atoms with Gasteiger partial charge in [-0.15, -0.1) is 0 Å². The van der Waals surface area contributed by atoms with Gasteiger partial charge in [-0.3, -0.25) is 4.98 Å². The quantitative estimate of drug-likeness (QED) is 0.892. The molecular formula is C16H23N3. The molecule has 0 aliphatic carbocycles. The molecule has 19 heavy (non-hydrogen) atoms. The highest BCUT2D eigenvalue weighted by molar-refractivity contribution is 5.12. The summed E-state index contributed by atoms with van der Waals surface area (Å²) in [6.45, 7) is 8.50. The fraction of sp³-hybridized carbons (Fsp3) is 0.438. The van der Waals surface area contributed by atoms with Crippen molar-refractivity contribution in [2.45, 2.75) is 45.8 Å². The molecule has 2 aromatic rings. The summed E-state index contributed by atoms with van der Waals surface area (Å²) in [6, 6.07) is 6.34. The average molecular weight is 257 g/mol. The van der Waals surface area contributed by atoms with Gasteiger partial charge in [-0.2, -0.15) is 0 Å². The van der Waals surface area contributed by atoms with Crippen LogP contribution >= 0.6 is 0 Å². The molecule has 3 heteroatoms. The Labute approximate surface area is 115 Å². The maximum absolute atomic E-state index is 4.04. The first-order valence-corrected chi connectivity index (χ1v) is 6.81. The van der Waals surface area contributed by atoms with E-state index < -0.39 is 0 Å². The van der Waals surface area contributed by atoms with E-state index in [9.17, 15) is 0 Å². The molecule has 0 aromatic carbocycles. The van der Waals surface area contributed by atoms with Crippen molar-refractivity contribution in [2.24, 2.45) is 0 Å². The van der Waals surface area contributed by atoms with Gasteiger partial charge in [-0.05, 0) is 56.5 Å². The molecule has 0 fully saturated rings. The fourth-order valence-electron chi connectivity index (χ4n) is 1.91. The Morgan fingerprint density at radius 3 is 2.53 bits per heavy atom. The van der Waals surface area contributed by atoms with Gasteiger partial charge in [0.2, 0.25) is 0 Å². The number of hydrogen-bond donors (Lipinski definition) is 1. The lowest BCUT2D eigenvalue weighted by molar-refractivity contribution is 0.424. The minimum Gasteiger partial charge on any atom is -0.354 e. The van der Waals surface area contributed by atoms with Crippen LogP contribution in [0.4, 0.5) is 0 Å². The number of nitrogens with zero attached hydrogens (tertiary/aromatic N) is 2. The van der Waals surface area contributed by atoms with Crippen molar-refractivity contribution in [3.63, 3.8) is 0 Å². The number of aryl methyl sites for hydroxylation is 2. The molecule has 102 valence electrons. The molecule has 2 rings (SSSR count). The third-order valence-corrected chi connectivity index (χ3v) is 3.04. The van der Waals surface area contributed by atoms with Crippen molar-refractivity contribution in [1.29, 1.82) is 0 Å². The summed E-state index contributed by atoms with van der Waals surface area (Å²) in [5.74, 6) is 0. The van der Waals surface area contributed by atoms with Crippen LogP contribution in [-0.4, -0.2) is 15.1 Å². The molecule has 0 saturated heterocycles. The maximum atomic E-state index is 4.04. The van der Waals surface area contributed by atoms with Crippen LogP contribution in [0.25, 0.3) is 0 Å². The van der Waals surface area contributed by atoms with Crippen LogP contribution in [0, 0.1) is 0 Å². The summed E-state index contributed by atoms with van der Waals surface area (Å²) in [5.41, 5.74) is 2.83. The first kappa shape index (κ1) is 13.8. The molecule has 0 amide bonds. The Kier molecular flexibility index (Phi) is 4.38. The first-order chi connectivity index (χ1) is 9.03. The normalized spacial score (nSPS) is 11.7. The number of pyridine rings is 1. The van der Waals surface area contributed by atoms with E-state index in [-0.39, 0.29) is 5.54 Å². The smallest absolute Gasteiger partial charge is 0.0270 e. The Balaban J connectivity index is 1.84. The number of rotatable bonds is 5. The predicted molar refractivity (Wildman–Crippen MR) is 79.0 cm³/mol. The Morgan fingerprint density at radius 2 is 1.84 bits per heavy atom. The van der Waals surface area contributed by atoms with Crippen LogP contribution in [0.2, 0.25) is 0 Å². The van der Waals surface area contributed by atoms with Crippen LogP contribution in [0.15, 0.2) is 43.0 Å². The van der Waals surface area contributed by atoms with Gasteiger partial charge in [0, 0.05) is 43.4 Å². The highest BCUT2D eigenvalue weighted by atomic mass is 15.0. The second kappa shape index (κ2) is 6.02. The molecule has 3 nitrogen and oxygen atoms in total. The summed E-state index contributed by atoms with van der Waals surface area (Å²) < 4.78 is 2.25. The van der Waals surface area contributed by atoms with Gasteiger partial charge in [0.1, 0.15) is 0 Å². The molecular weight excluding hydrogens is 234 g/mol. The van der Waals surface area contributed by atoms with Crippen molar-refractivity contribution in [3.05, 3.63) is 54.1 Å². The van der Waals surface area contributed by atoms with Gasteiger partial charge < -0.3 is 9.88 Å². The molecule has 0 unspecified atom stereocenters. The second-order valence-corrected chi connectivity index (χ2v) is 5.97. The number of aromatic nitrogens is 2. The molecule has 0 radical (unpaired) electrons. The van der Waals surface area contributed by atoms with Crippen molar-refractivity contribution < 1.29 is 0 Å². The Bertz CT molecular complexity index is 494. The van der Waals surface area contributed by atoms with Gasteiger partial charge >= 0.3 is 0 Å². The van der Waals surface area contributed by atoms with Gasteiger partial charge in [-0.1, -0.05) is 0 Å². The zero-order chi connectivity index (χ0) is 13.7. The van der Waals surface area contributed by atoms with Gasteiger partial charge in [0.25, 0.3) is 0 Å². The molecule has 1 N–H and O–H groups in total. The van der Waals surface area contributed by atoms with E-state index in [0.717, 1.165) is 19.5 Å². The van der Waals surface area contributed by atoms with E-state index in [4.69, 9.17) is 0 Å². The third-order valence-electron chi connectivity index (χ3n) is 3.04. The lowest BCUT2D eigenvalue weighted by Crippen LogP contribution is -2.34. The molecule has 2 heterocycles. The van der Waals surface area contributed by atoms with Crippen LogP contribution in [0.1, 0.15) is 31.9 Å². The maximum Gasteiger partial charge on any atom is 0.0270 e. The summed E-state index contributed by atoms with van der Waals surface area (Å²) in [5, 5.41) is 3.50. The minimum atomic E-state index is 0.166. The van der Waals surface area contributed by atoms with Gasteiger partial charge in [0.15, 0.2) is 0 Å². The summed E-state index contributed by atoms with van der Waals surface area (Å²) in [7, 11) is 0. The standard InChI is InChI=1S/C16H23N3/c1-16(2,3)18-12-15-7-11-19(13-15)10-6-14-4-8-17-9-5-14/h4-5,7-9,11,13,18H,6,10,12H2,1-3H3. The van der Waals surface area contributed by atoms with Gasteiger partial charge in [-0.25, -0.2) is 0 Å². The molecule has 2 aromatic heterocycles. The van der Waals surface area contributed by atoms with E-state index in [1.165, 1.54) is 11.1 Å². The van der Waals surface area contributed by atoms with Crippen molar-refractivity contribution in [1.82, 2.24) is 14.9 Å². The third kappa shape index (κ3) is 4.87. The highest BCUT2D eigenvalue weighted by Crippen LogP contribution is 2.07. The SMILES string of the molecule is CC(C)(C)NCc1ccn(CCc2ccncc2)c1. The molecule has 0 bridgehead atoms. The van der Waals surface area contributed by atoms with Crippen LogP contribution in [0.3, 0.4) is 0 Å². The van der Waals surface area contributed by atoms with E-state index in [0.29, 0.717) is 0 Å². The molecule has 0 aliphatic rings. The lowest BCUT2D eigenvalue weighted by Gasteiger charge is -2.19. The average Bonchev–Trinajstić information content (AvgIpc) is 2.82.